The van der Waals surface area contributed by atoms with Crippen molar-refractivity contribution in [1.82, 2.24) is 4.72 Å². The van der Waals surface area contributed by atoms with Gasteiger partial charge in [0.05, 0.1) is 5.02 Å². The number of para-hydroxylation sites is 1. The van der Waals surface area contributed by atoms with Gasteiger partial charge in [0.25, 0.3) is 0 Å². The Morgan fingerprint density at radius 3 is 2.80 bits per heavy atom. The van der Waals surface area contributed by atoms with Crippen molar-refractivity contribution >= 4 is 38.9 Å². The summed E-state index contributed by atoms with van der Waals surface area (Å²) in [5, 5.41) is 13.4. The summed E-state index contributed by atoms with van der Waals surface area (Å²) < 4.78 is 27.3. The Kier molecular flexibility index (Phi) is 5.43. The van der Waals surface area contributed by atoms with Gasteiger partial charge in [-0.15, -0.1) is 0 Å². The van der Waals surface area contributed by atoms with Crippen molar-refractivity contribution in [3.05, 3.63) is 52.0 Å². The van der Waals surface area contributed by atoms with Gasteiger partial charge in [-0.3, -0.25) is 0 Å². The van der Waals surface area contributed by atoms with E-state index in [1.807, 2.05) is 18.2 Å². The van der Waals surface area contributed by atoms with Crippen LogP contribution in [-0.2, 0) is 16.4 Å². The molecule has 1 heterocycles. The van der Waals surface area contributed by atoms with E-state index in [2.05, 4.69) is 16.1 Å². The molecular formula is C17H18Cl2N2O3S. The highest BCUT2D eigenvalue weighted by Gasteiger charge is 2.23. The number of anilines is 1. The molecule has 1 atom stereocenters. The second kappa shape index (κ2) is 7.41. The maximum Gasteiger partial charge on any atom is 0.244 e. The first-order valence-electron chi connectivity index (χ1n) is 7.89. The summed E-state index contributed by atoms with van der Waals surface area (Å²) in [4.78, 5) is -0.313. The minimum absolute atomic E-state index is 0.0987. The van der Waals surface area contributed by atoms with Crippen LogP contribution in [0.5, 0.6) is 5.75 Å². The van der Waals surface area contributed by atoms with Crippen molar-refractivity contribution in [3.63, 3.8) is 0 Å². The van der Waals surface area contributed by atoms with Gasteiger partial charge >= 0.3 is 0 Å². The monoisotopic (exact) mass is 400 g/mol. The third-order valence-electron chi connectivity index (χ3n) is 4.21. The molecule has 0 spiro atoms. The van der Waals surface area contributed by atoms with Crippen molar-refractivity contribution in [1.29, 1.82) is 0 Å². The molecule has 0 bridgehead atoms. The van der Waals surface area contributed by atoms with Crippen LogP contribution < -0.4 is 10.0 Å². The Hall–Kier alpha value is -1.47. The van der Waals surface area contributed by atoms with E-state index in [1.54, 1.807) is 0 Å². The summed E-state index contributed by atoms with van der Waals surface area (Å²) in [5.74, 6) is -0.497. The van der Waals surface area contributed by atoms with Gasteiger partial charge in [-0.25, -0.2) is 13.1 Å². The fourth-order valence-electron chi connectivity index (χ4n) is 2.91. The lowest BCUT2D eigenvalue weighted by molar-refractivity contribution is 0.458. The number of rotatable bonds is 5. The summed E-state index contributed by atoms with van der Waals surface area (Å²) in [6.07, 6.45) is 2.53. The third-order valence-corrected chi connectivity index (χ3v) is 6.19. The van der Waals surface area contributed by atoms with Crippen LogP contribution in [0.25, 0.3) is 0 Å². The molecule has 134 valence electrons. The number of halogens is 2. The third kappa shape index (κ3) is 4.20. The molecule has 3 N–H and O–H groups in total. The molecule has 5 nitrogen and oxygen atoms in total. The highest BCUT2D eigenvalue weighted by atomic mass is 35.5. The van der Waals surface area contributed by atoms with Crippen LogP contribution >= 0.6 is 23.2 Å². The molecule has 2 aromatic rings. The lowest BCUT2D eigenvalue weighted by Gasteiger charge is -2.27. The number of fused-ring (bicyclic) bond motifs is 1. The summed E-state index contributed by atoms with van der Waals surface area (Å²) in [7, 11) is -3.89. The Labute approximate surface area is 157 Å². The summed E-state index contributed by atoms with van der Waals surface area (Å²) in [6.45, 7) is 0.242. The number of phenolic OH excluding ortho intramolecular Hbond substituents is 1. The lowest BCUT2D eigenvalue weighted by atomic mass is 9.96. The van der Waals surface area contributed by atoms with Crippen molar-refractivity contribution < 1.29 is 13.5 Å². The summed E-state index contributed by atoms with van der Waals surface area (Å²) >= 11 is 11.6. The molecule has 0 aromatic heterocycles. The molecule has 1 aliphatic rings. The van der Waals surface area contributed by atoms with E-state index in [1.165, 1.54) is 17.7 Å². The number of hydrogen-bond donors (Lipinski definition) is 3. The molecular weight excluding hydrogens is 383 g/mol. The molecule has 0 amide bonds. The van der Waals surface area contributed by atoms with Crippen LogP contribution in [0.15, 0.2) is 41.3 Å². The number of sulfonamides is 1. The Balaban J connectivity index is 1.62. The molecule has 25 heavy (non-hydrogen) atoms. The topological polar surface area (TPSA) is 78.4 Å². The largest absolute Gasteiger partial charge is 0.505 e. The first-order valence-corrected chi connectivity index (χ1v) is 10.1. The maximum atomic E-state index is 12.4. The van der Waals surface area contributed by atoms with Crippen LogP contribution in [0.3, 0.4) is 0 Å². The summed E-state index contributed by atoms with van der Waals surface area (Å²) in [6, 6.07) is 10.8. The highest BCUT2D eigenvalue weighted by Crippen LogP contribution is 2.34. The first-order chi connectivity index (χ1) is 11.9. The maximum absolute atomic E-state index is 12.4. The molecule has 0 saturated heterocycles. The molecule has 0 saturated carbocycles. The van der Waals surface area contributed by atoms with E-state index in [-0.39, 0.29) is 27.5 Å². The molecule has 0 radical (unpaired) electrons. The van der Waals surface area contributed by atoms with Gasteiger partial charge in [0.1, 0.15) is 4.90 Å². The molecule has 8 heteroatoms. The second-order valence-corrected chi connectivity index (χ2v) is 8.54. The lowest BCUT2D eigenvalue weighted by Crippen LogP contribution is -2.32. The van der Waals surface area contributed by atoms with E-state index < -0.39 is 15.8 Å². The Bertz CT molecular complexity index is 887. The minimum Gasteiger partial charge on any atom is -0.505 e. The average molecular weight is 401 g/mol. The number of nitrogens with one attached hydrogen (secondary N) is 2. The van der Waals surface area contributed by atoms with Gasteiger partial charge in [0.2, 0.25) is 10.0 Å². The zero-order chi connectivity index (χ0) is 18.0. The van der Waals surface area contributed by atoms with E-state index in [9.17, 15) is 13.5 Å². The van der Waals surface area contributed by atoms with Crippen molar-refractivity contribution in [2.24, 2.45) is 0 Å². The summed E-state index contributed by atoms with van der Waals surface area (Å²) in [5.41, 5.74) is 2.37. The average Bonchev–Trinajstić information content (AvgIpc) is 2.57. The number of aryl methyl sites for hydroxylation is 1. The molecule has 3 rings (SSSR count). The van der Waals surface area contributed by atoms with Crippen LogP contribution in [0.1, 0.15) is 18.4 Å². The van der Waals surface area contributed by atoms with Crippen LogP contribution in [0, 0.1) is 0 Å². The van der Waals surface area contributed by atoms with Gasteiger partial charge in [-0.05, 0) is 43.0 Å². The molecule has 2 aromatic carbocycles. The van der Waals surface area contributed by atoms with Gasteiger partial charge in [0.15, 0.2) is 5.75 Å². The van der Waals surface area contributed by atoms with E-state index in [0.717, 1.165) is 18.5 Å². The number of aromatic hydroxyl groups is 1. The van der Waals surface area contributed by atoms with Crippen molar-refractivity contribution in [2.45, 2.75) is 30.2 Å². The van der Waals surface area contributed by atoms with E-state index >= 15 is 0 Å². The fraction of sp³-hybridized carbons (Fsp3) is 0.294. The van der Waals surface area contributed by atoms with Gasteiger partial charge in [-0.2, -0.15) is 0 Å². The quantitative estimate of drug-likeness (QED) is 0.712. The van der Waals surface area contributed by atoms with Crippen LogP contribution in [0.4, 0.5) is 5.69 Å². The SMILES string of the molecule is O=S(=O)(NCCC1CCc2ccccc2N1)c1cc(Cl)cc(Cl)c1O. The predicted octanol–water partition coefficient (Wildman–Crippen LogP) is 3.79. The Morgan fingerprint density at radius 1 is 1.24 bits per heavy atom. The van der Waals surface area contributed by atoms with Crippen LogP contribution in [0.2, 0.25) is 10.0 Å². The van der Waals surface area contributed by atoms with Crippen molar-refractivity contribution in [3.8, 4) is 5.75 Å². The van der Waals surface area contributed by atoms with Gasteiger partial charge < -0.3 is 10.4 Å². The number of benzene rings is 2. The Morgan fingerprint density at radius 2 is 2.00 bits per heavy atom. The fourth-order valence-corrected chi connectivity index (χ4v) is 4.71. The standard InChI is InChI=1S/C17H18Cl2N2O3S/c18-12-9-14(19)17(22)16(10-12)25(23,24)20-8-7-13-6-5-11-3-1-2-4-15(11)21-13/h1-4,9-10,13,20-22H,5-8H2. The van der Waals surface area contributed by atoms with E-state index in [4.69, 9.17) is 23.2 Å². The smallest absolute Gasteiger partial charge is 0.244 e. The molecule has 1 unspecified atom stereocenters. The van der Waals surface area contributed by atoms with Crippen LogP contribution in [-0.4, -0.2) is 26.1 Å². The number of hydrogen-bond acceptors (Lipinski definition) is 4. The second-order valence-electron chi connectivity index (χ2n) is 5.96. The minimum atomic E-state index is -3.89. The first kappa shape index (κ1) is 18.3. The molecule has 0 aliphatic carbocycles. The van der Waals surface area contributed by atoms with Gasteiger partial charge in [0, 0.05) is 23.3 Å². The number of phenols is 1. The van der Waals surface area contributed by atoms with Gasteiger partial charge in [-0.1, -0.05) is 41.4 Å². The van der Waals surface area contributed by atoms with Crippen molar-refractivity contribution in [2.75, 3.05) is 11.9 Å². The molecule has 0 fully saturated rings. The zero-order valence-corrected chi connectivity index (χ0v) is 15.6. The zero-order valence-electron chi connectivity index (χ0n) is 13.3. The van der Waals surface area contributed by atoms with E-state index in [0.29, 0.717) is 6.42 Å². The molecule has 1 aliphatic heterocycles. The predicted molar refractivity (Wildman–Crippen MR) is 100 cm³/mol. The highest BCUT2D eigenvalue weighted by molar-refractivity contribution is 7.89. The normalized spacial score (nSPS) is 17.0.